The fourth-order valence-corrected chi connectivity index (χ4v) is 3.07. The van der Waals surface area contributed by atoms with E-state index in [0.717, 1.165) is 0 Å². The quantitative estimate of drug-likeness (QED) is 0.731. The van der Waals surface area contributed by atoms with E-state index in [1.165, 1.54) is 12.1 Å². The zero-order valence-corrected chi connectivity index (χ0v) is 14.6. The molecule has 0 unspecified atom stereocenters. The lowest BCUT2D eigenvalue weighted by Gasteiger charge is -2.10. The Kier molecular flexibility index (Phi) is 5.75. The molecule has 0 spiro atoms. The summed E-state index contributed by atoms with van der Waals surface area (Å²) in [6, 6.07) is 12.6. The number of benzene rings is 2. The van der Waals surface area contributed by atoms with Crippen LogP contribution >= 0.6 is 15.9 Å². The summed E-state index contributed by atoms with van der Waals surface area (Å²) < 4.78 is 30.1. The van der Waals surface area contributed by atoms with E-state index in [1.807, 2.05) is 6.92 Å². The zero-order chi connectivity index (χ0) is 16.9. The predicted molar refractivity (Wildman–Crippen MR) is 89.5 cm³/mol. The van der Waals surface area contributed by atoms with E-state index in [1.54, 1.807) is 36.4 Å². The number of sulfonamides is 1. The minimum Gasteiger partial charge on any atom is -0.494 e. The number of amides is 1. The van der Waals surface area contributed by atoms with Gasteiger partial charge < -0.3 is 4.74 Å². The van der Waals surface area contributed by atoms with Crippen LogP contribution in [0, 0.1) is 0 Å². The molecule has 0 atom stereocenters. The van der Waals surface area contributed by atoms with Gasteiger partial charge in [0.2, 0.25) is 0 Å². The van der Waals surface area contributed by atoms with Crippen molar-refractivity contribution in [3.63, 3.8) is 0 Å². The van der Waals surface area contributed by atoms with E-state index >= 15 is 0 Å². The molecule has 0 aliphatic carbocycles. The summed E-state index contributed by atoms with van der Waals surface area (Å²) in [7, 11) is -3.86. The van der Waals surface area contributed by atoms with Crippen LogP contribution in [-0.4, -0.2) is 20.9 Å². The highest BCUT2D eigenvalue weighted by molar-refractivity contribution is 9.10. The molecule has 1 amide bonds. The molecule has 6 nitrogen and oxygen atoms in total. The predicted octanol–water partition coefficient (Wildman–Crippen LogP) is 2.47. The molecule has 0 saturated carbocycles. The number of hydrazine groups is 1. The minimum absolute atomic E-state index is 0.0216. The van der Waals surface area contributed by atoms with Gasteiger partial charge in [0.1, 0.15) is 5.75 Å². The van der Waals surface area contributed by atoms with E-state index in [4.69, 9.17) is 4.74 Å². The molecule has 0 heterocycles. The number of ether oxygens (including phenoxy) is 1. The highest BCUT2D eigenvalue weighted by Crippen LogP contribution is 2.17. The van der Waals surface area contributed by atoms with Crippen LogP contribution in [0.25, 0.3) is 0 Å². The summed E-state index contributed by atoms with van der Waals surface area (Å²) in [5, 5.41) is 0. The first-order valence-corrected chi connectivity index (χ1v) is 9.01. The van der Waals surface area contributed by atoms with Crippen molar-refractivity contribution in [2.75, 3.05) is 6.61 Å². The molecule has 2 rings (SSSR count). The van der Waals surface area contributed by atoms with Gasteiger partial charge in [-0.25, -0.2) is 8.42 Å². The highest BCUT2D eigenvalue weighted by Gasteiger charge is 2.16. The Morgan fingerprint density at radius 3 is 2.39 bits per heavy atom. The van der Waals surface area contributed by atoms with Crippen molar-refractivity contribution in [2.24, 2.45) is 0 Å². The van der Waals surface area contributed by atoms with Crippen molar-refractivity contribution in [1.29, 1.82) is 0 Å². The Morgan fingerprint density at radius 2 is 1.78 bits per heavy atom. The van der Waals surface area contributed by atoms with Crippen molar-refractivity contribution in [1.82, 2.24) is 10.3 Å². The Labute approximate surface area is 143 Å². The van der Waals surface area contributed by atoms with Crippen LogP contribution in [0.3, 0.4) is 0 Å². The topological polar surface area (TPSA) is 84.5 Å². The first-order chi connectivity index (χ1) is 10.9. The molecule has 0 aliphatic rings. The second-order valence-electron chi connectivity index (χ2n) is 4.44. The highest BCUT2D eigenvalue weighted by atomic mass is 79.9. The van der Waals surface area contributed by atoms with Gasteiger partial charge in [0.15, 0.2) is 0 Å². The van der Waals surface area contributed by atoms with Gasteiger partial charge in [-0.1, -0.05) is 12.1 Å². The molecule has 8 heteroatoms. The molecule has 2 aromatic carbocycles. The monoisotopic (exact) mass is 398 g/mol. The number of carbonyl (C=O) groups is 1. The molecule has 0 bridgehead atoms. The van der Waals surface area contributed by atoms with Crippen molar-refractivity contribution >= 4 is 31.9 Å². The molecule has 122 valence electrons. The lowest BCUT2D eigenvalue weighted by atomic mass is 10.2. The van der Waals surface area contributed by atoms with Crippen molar-refractivity contribution in [3.05, 3.63) is 58.6 Å². The first-order valence-electron chi connectivity index (χ1n) is 6.73. The second kappa shape index (κ2) is 7.58. The Bertz CT molecular complexity index is 791. The van der Waals surface area contributed by atoms with Crippen molar-refractivity contribution in [2.45, 2.75) is 11.8 Å². The number of carbonyl (C=O) groups excluding carboxylic acids is 1. The number of rotatable bonds is 6. The minimum atomic E-state index is -3.86. The van der Waals surface area contributed by atoms with Crippen LogP contribution in [-0.2, 0) is 10.0 Å². The van der Waals surface area contributed by atoms with Gasteiger partial charge >= 0.3 is 0 Å². The molecule has 0 radical (unpaired) electrons. The van der Waals surface area contributed by atoms with Gasteiger partial charge in [-0.05, 0) is 59.3 Å². The summed E-state index contributed by atoms with van der Waals surface area (Å²) in [6.07, 6.45) is 0. The smallest absolute Gasteiger partial charge is 0.267 e. The molecular weight excluding hydrogens is 384 g/mol. The fourth-order valence-electron chi connectivity index (χ4n) is 1.77. The Morgan fingerprint density at radius 1 is 1.13 bits per heavy atom. The first kappa shape index (κ1) is 17.5. The third-order valence-electron chi connectivity index (χ3n) is 2.86. The lowest BCUT2D eigenvalue weighted by Crippen LogP contribution is -2.41. The number of hydrogen-bond acceptors (Lipinski definition) is 4. The van der Waals surface area contributed by atoms with E-state index in [-0.39, 0.29) is 4.90 Å². The van der Waals surface area contributed by atoms with E-state index in [2.05, 4.69) is 26.2 Å². The molecule has 2 N–H and O–H groups in total. The van der Waals surface area contributed by atoms with E-state index in [9.17, 15) is 13.2 Å². The molecule has 2 aromatic rings. The summed E-state index contributed by atoms with van der Waals surface area (Å²) in [4.78, 5) is 14.1. The number of nitrogens with one attached hydrogen (secondary N) is 2. The summed E-state index contributed by atoms with van der Waals surface area (Å²) in [5.74, 6) is 0.00990. The standard InChI is InChI=1S/C15H15BrN2O4S/c1-2-22-11-7-9-12(10-8-11)23(20,21)18-17-15(19)13-5-3-4-6-14(13)16/h3-10,18H,2H2,1H3,(H,17,19). The molecule has 0 aliphatic heterocycles. The third kappa shape index (κ3) is 4.54. The summed E-state index contributed by atoms with van der Waals surface area (Å²) >= 11 is 3.23. The SMILES string of the molecule is CCOc1ccc(S(=O)(=O)NNC(=O)c2ccccc2Br)cc1. The normalized spacial score (nSPS) is 11.0. The van der Waals surface area contributed by atoms with Crippen LogP contribution in [0.2, 0.25) is 0 Å². The molecule has 0 fully saturated rings. The van der Waals surface area contributed by atoms with Crippen LogP contribution in [0.1, 0.15) is 17.3 Å². The maximum absolute atomic E-state index is 12.1. The maximum atomic E-state index is 12.1. The van der Waals surface area contributed by atoms with Gasteiger partial charge in [0.05, 0.1) is 17.1 Å². The fraction of sp³-hybridized carbons (Fsp3) is 0.133. The lowest BCUT2D eigenvalue weighted by molar-refractivity contribution is 0.0944. The number of halogens is 1. The van der Waals surface area contributed by atoms with Crippen LogP contribution in [0.4, 0.5) is 0 Å². The van der Waals surface area contributed by atoms with E-state index < -0.39 is 15.9 Å². The Hall–Kier alpha value is -1.90. The third-order valence-corrected chi connectivity index (χ3v) is 4.82. The van der Waals surface area contributed by atoms with Crippen molar-refractivity contribution < 1.29 is 17.9 Å². The van der Waals surface area contributed by atoms with Crippen LogP contribution in [0.15, 0.2) is 57.9 Å². The van der Waals surface area contributed by atoms with Gasteiger partial charge in [0, 0.05) is 4.47 Å². The van der Waals surface area contributed by atoms with Gasteiger partial charge in [0.25, 0.3) is 15.9 Å². The molecule has 0 aromatic heterocycles. The van der Waals surface area contributed by atoms with Gasteiger partial charge in [-0.15, -0.1) is 4.83 Å². The summed E-state index contributed by atoms with van der Waals surface area (Å²) in [5.41, 5.74) is 2.50. The molecular formula is C15H15BrN2O4S. The number of hydrogen-bond donors (Lipinski definition) is 2. The summed E-state index contributed by atoms with van der Waals surface area (Å²) in [6.45, 7) is 2.33. The van der Waals surface area contributed by atoms with Crippen molar-refractivity contribution in [3.8, 4) is 5.75 Å². The van der Waals surface area contributed by atoms with Gasteiger partial charge in [-0.3, -0.25) is 10.2 Å². The van der Waals surface area contributed by atoms with Crippen LogP contribution < -0.4 is 15.0 Å². The van der Waals surface area contributed by atoms with E-state index in [0.29, 0.717) is 22.4 Å². The maximum Gasteiger partial charge on any atom is 0.267 e. The molecule has 23 heavy (non-hydrogen) atoms. The van der Waals surface area contributed by atoms with Gasteiger partial charge in [-0.2, -0.15) is 0 Å². The van der Waals surface area contributed by atoms with Crippen LogP contribution in [0.5, 0.6) is 5.75 Å². The average molecular weight is 399 g/mol. The zero-order valence-electron chi connectivity index (χ0n) is 12.2. The molecule has 0 saturated heterocycles. The Balaban J connectivity index is 2.06. The average Bonchev–Trinajstić information content (AvgIpc) is 2.54. The second-order valence-corrected chi connectivity index (χ2v) is 6.98. The largest absolute Gasteiger partial charge is 0.494 e.